The maximum atomic E-state index is 6.18. The molecule has 0 amide bonds. The summed E-state index contributed by atoms with van der Waals surface area (Å²) in [6, 6.07) is 5.66. The number of nitrogens with zero attached hydrogens (tertiary/aromatic N) is 1. The average Bonchev–Trinajstić information content (AvgIpc) is 2.77. The molecule has 5 heteroatoms. The maximum Gasteiger partial charge on any atom is 0.137 e. The van der Waals surface area contributed by atoms with Crippen molar-refractivity contribution in [3.8, 4) is 5.75 Å². The molecule has 0 aliphatic carbocycles. The van der Waals surface area contributed by atoms with Crippen LogP contribution in [0.2, 0.25) is 5.02 Å². The van der Waals surface area contributed by atoms with E-state index in [1.807, 2.05) is 37.6 Å². The summed E-state index contributed by atoms with van der Waals surface area (Å²) in [5.74, 6) is 0.702. The summed E-state index contributed by atoms with van der Waals surface area (Å²) in [5, 5.41) is 0.607. The molecule has 0 bridgehead atoms. The highest BCUT2D eigenvalue weighted by Gasteiger charge is 2.07. The Morgan fingerprint density at radius 1 is 1.47 bits per heavy atom. The van der Waals surface area contributed by atoms with Crippen molar-refractivity contribution < 1.29 is 4.74 Å². The topological polar surface area (TPSA) is 48.1 Å². The third-order valence-electron chi connectivity index (χ3n) is 2.91. The molecule has 19 heavy (non-hydrogen) atoms. The quantitative estimate of drug-likeness (QED) is 0.914. The van der Waals surface area contributed by atoms with Gasteiger partial charge in [-0.2, -0.15) is 0 Å². The number of ether oxygens (including phenoxy) is 1. The molecule has 1 aromatic carbocycles. The normalized spacial score (nSPS) is 12.4. The summed E-state index contributed by atoms with van der Waals surface area (Å²) in [7, 11) is 0. The first-order chi connectivity index (χ1) is 9.08. The Morgan fingerprint density at radius 3 is 2.84 bits per heavy atom. The van der Waals surface area contributed by atoms with Gasteiger partial charge >= 0.3 is 0 Å². The van der Waals surface area contributed by atoms with Crippen LogP contribution in [0.4, 0.5) is 0 Å². The van der Waals surface area contributed by atoms with E-state index in [-0.39, 0.29) is 6.04 Å². The van der Waals surface area contributed by atoms with Gasteiger partial charge in [-0.15, -0.1) is 11.3 Å². The van der Waals surface area contributed by atoms with Crippen molar-refractivity contribution in [1.82, 2.24) is 4.98 Å². The fourth-order valence-electron chi connectivity index (χ4n) is 1.74. The van der Waals surface area contributed by atoms with E-state index in [0.29, 0.717) is 17.4 Å². The molecule has 2 N–H and O–H groups in total. The Kier molecular flexibility index (Phi) is 4.80. The van der Waals surface area contributed by atoms with E-state index >= 15 is 0 Å². The summed E-state index contributed by atoms with van der Waals surface area (Å²) in [5.41, 5.74) is 9.75. The van der Waals surface area contributed by atoms with Crippen molar-refractivity contribution in [2.75, 3.05) is 6.61 Å². The van der Waals surface area contributed by atoms with E-state index in [1.54, 1.807) is 11.3 Å². The van der Waals surface area contributed by atoms with Gasteiger partial charge < -0.3 is 10.5 Å². The molecule has 1 heterocycles. The number of benzene rings is 1. The maximum absolute atomic E-state index is 6.18. The Bertz CT molecular complexity index is 554. The molecule has 0 saturated carbocycles. The lowest BCUT2D eigenvalue weighted by Crippen LogP contribution is -2.06. The predicted molar refractivity (Wildman–Crippen MR) is 80.1 cm³/mol. The van der Waals surface area contributed by atoms with Gasteiger partial charge in [0.15, 0.2) is 0 Å². The van der Waals surface area contributed by atoms with Crippen LogP contribution in [0.1, 0.15) is 29.1 Å². The van der Waals surface area contributed by atoms with Crippen molar-refractivity contribution in [2.24, 2.45) is 5.73 Å². The molecule has 1 aromatic heterocycles. The van der Waals surface area contributed by atoms with E-state index in [0.717, 1.165) is 17.7 Å². The third-order valence-corrected chi connectivity index (χ3v) is 4.20. The number of aromatic nitrogens is 1. The van der Waals surface area contributed by atoms with Crippen LogP contribution < -0.4 is 10.5 Å². The largest absolute Gasteiger partial charge is 0.492 e. The molecule has 0 aliphatic heterocycles. The summed E-state index contributed by atoms with van der Waals surface area (Å²) in [6.07, 6.45) is 0.849. The van der Waals surface area contributed by atoms with E-state index in [2.05, 4.69) is 4.98 Å². The van der Waals surface area contributed by atoms with E-state index < -0.39 is 0 Å². The monoisotopic (exact) mass is 296 g/mol. The van der Waals surface area contributed by atoms with Crippen molar-refractivity contribution >= 4 is 22.9 Å². The number of hydrogen-bond donors (Lipinski definition) is 1. The summed E-state index contributed by atoms with van der Waals surface area (Å²) in [4.78, 5) is 5.47. The molecule has 1 atom stereocenters. The number of thiazole rings is 1. The molecular formula is C14H17ClN2OS. The molecule has 0 spiro atoms. The SMILES string of the molecule is Cc1ncsc1CCOc1ccc([C@@H](C)N)cc1Cl. The first kappa shape index (κ1) is 14.3. The van der Waals surface area contributed by atoms with Gasteiger partial charge in [-0.05, 0) is 31.5 Å². The lowest BCUT2D eigenvalue weighted by molar-refractivity contribution is 0.322. The smallest absolute Gasteiger partial charge is 0.137 e. The van der Waals surface area contributed by atoms with Crippen LogP contribution in [0.3, 0.4) is 0 Å². The third kappa shape index (κ3) is 3.69. The van der Waals surface area contributed by atoms with Gasteiger partial charge in [0.05, 0.1) is 22.8 Å². The zero-order chi connectivity index (χ0) is 13.8. The van der Waals surface area contributed by atoms with Gasteiger partial charge in [-0.1, -0.05) is 17.7 Å². The van der Waals surface area contributed by atoms with E-state index in [1.165, 1.54) is 4.88 Å². The molecule has 0 radical (unpaired) electrons. The lowest BCUT2D eigenvalue weighted by atomic mass is 10.1. The Hall–Kier alpha value is -1.10. The van der Waals surface area contributed by atoms with Crippen LogP contribution in [0.15, 0.2) is 23.7 Å². The average molecular weight is 297 g/mol. The molecule has 102 valence electrons. The Balaban J connectivity index is 1.95. The number of nitrogens with two attached hydrogens (primary N) is 1. The first-order valence-electron chi connectivity index (χ1n) is 6.14. The minimum absolute atomic E-state index is 0.0219. The molecule has 0 fully saturated rings. The van der Waals surface area contributed by atoms with Crippen molar-refractivity contribution in [3.05, 3.63) is 44.9 Å². The summed E-state index contributed by atoms with van der Waals surface area (Å²) < 4.78 is 5.71. The molecule has 2 rings (SSSR count). The number of rotatable bonds is 5. The van der Waals surface area contributed by atoms with E-state index in [9.17, 15) is 0 Å². The Labute approximate surface area is 122 Å². The van der Waals surface area contributed by atoms with Gasteiger partial charge in [0.25, 0.3) is 0 Å². The fourth-order valence-corrected chi connectivity index (χ4v) is 2.74. The van der Waals surface area contributed by atoms with Crippen LogP contribution >= 0.6 is 22.9 Å². The van der Waals surface area contributed by atoms with Gasteiger partial charge in [0.1, 0.15) is 5.75 Å². The van der Waals surface area contributed by atoms with Crippen LogP contribution in [-0.2, 0) is 6.42 Å². The van der Waals surface area contributed by atoms with Crippen LogP contribution in [0, 0.1) is 6.92 Å². The molecule has 3 nitrogen and oxygen atoms in total. The lowest BCUT2D eigenvalue weighted by Gasteiger charge is -2.11. The fraction of sp³-hybridized carbons (Fsp3) is 0.357. The highest BCUT2D eigenvalue weighted by molar-refractivity contribution is 7.09. The van der Waals surface area contributed by atoms with Crippen LogP contribution in [-0.4, -0.2) is 11.6 Å². The minimum atomic E-state index is -0.0219. The van der Waals surface area contributed by atoms with Crippen molar-refractivity contribution in [3.63, 3.8) is 0 Å². The summed E-state index contributed by atoms with van der Waals surface area (Å²) in [6.45, 7) is 4.54. The molecule has 0 saturated heterocycles. The molecule has 2 aromatic rings. The van der Waals surface area contributed by atoms with Gasteiger partial charge in [0, 0.05) is 17.3 Å². The van der Waals surface area contributed by atoms with Crippen molar-refractivity contribution in [1.29, 1.82) is 0 Å². The molecule has 0 unspecified atom stereocenters. The zero-order valence-corrected chi connectivity index (χ0v) is 12.6. The van der Waals surface area contributed by atoms with Gasteiger partial charge in [-0.25, -0.2) is 4.98 Å². The number of halogens is 1. The van der Waals surface area contributed by atoms with Crippen molar-refractivity contribution in [2.45, 2.75) is 26.3 Å². The highest BCUT2D eigenvalue weighted by Crippen LogP contribution is 2.27. The second-order valence-corrected chi connectivity index (χ2v) is 5.78. The van der Waals surface area contributed by atoms with E-state index in [4.69, 9.17) is 22.1 Å². The van der Waals surface area contributed by atoms with Crippen LogP contribution in [0.25, 0.3) is 0 Å². The molecule has 0 aliphatic rings. The number of hydrogen-bond acceptors (Lipinski definition) is 4. The molecular weight excluding hydrogens is 280 g/mol. The zero-order valence-electron chi connectivity index (χ0n) is 11.0. The first-order valence-corrected chi connectivity index (χ1v) is 7.40. The Morgan fingerprint density at radius 2 is 2.26 bits per heavy atom. The standard InChI is InChI=1S/C14H17ClN2OS/c1-9(16)11-3-4-13(12(15)7-11)18-6-5-14-10(2)17-8-19-14/h3-4,7-9H,5-6,16H2,1-2H3/t9-/m1/s1. The minimum Gasteiger partial charge on any atom is -0.492 e. The predicted octanol–water partition coefficient (Wildman–Crippen LogP) is 3.75. The highest BCUT2D eigenvalue weighted by atomic mass is 35.5. The number of aryl methyl sites for hydroxylation is 1. The van der Waals surface area contributed by atoms with Gasteiger partial charge in [-0.3, -0.25) is 0 Å². The second-order valence-electron chi connectivity index (χ2n) is 4.44. The summed E-state index contributed by atoms with van der Waals surface area (Å²) >= 11 is 7.83. The second kappa shape index (κ2) is 6.37. The van der Waals surface area contributed by atoms with Gasteiger partial charge in [0.2, 0.25) is 0 Å². The van der Waals surface area contributed by atoms with Crippen LogP contribution in [0.5, 0.6) is 5.75 Å².